The van der Waals surface area contributed by atoms with E-state index in [1.807, 2.05) is 6.92 Å². The Labute approximate surface area is 60.0 Å². The van der Waals surface area contributed by atoms with Gasteiger partial charge in [-0.1, -0.05) is 0 Å². The molecule has 10 heavy (non-hydrogen) atoms. The molecular weight excluding hydrogens is 132 g/mol. The number of carbonyl (C=O) groups excluding carboxylic acids is 2. The third-order valence-electron chi connectivity index (χ3n) is 1.06. The molecule has 0 aliphatic carbocycles. The summed E-state index contributed by atoms with van der Waals surface area (Å²) < 4.78 is 0. The molecule has 0 saturated heterocycles. The molecule has 0 heterocycles. The van der Waals surface area contributed by atoms with Gasteiger partial charge in [0.2, 0.25) is 12.3 Å². The van der Waals surface area contributed by atoms with Gasteiger partial charge in [-0.15, -0.1) is 0 Å². The van der Waals surface area contributed by atoms with Crippen molar-refractivity contribution in [2.45, 2.75) is 19.9 Å². The van der Waals surface area contributed by atoms with E-state index in [1.54, 1.807) is 6.92 Å². The molecule has 0 saturated carbocycles. The second kappa shape index (κ2) is 4.78. The van der Waals surface area contributed by atoms with E-state index in [9.17, 15) is 9.59 Å². The van der Waals surface area contributed by atoms with Gasteiger partial charge in [-0.2, -0.15) is 0 Å². The van der Waals surface area contributed by atoms with Gasteiger partial charge in [0.1, 0.15) is 6.04 Å². The average molecular weight is 144 g/mol. The van der Waals surface area contributed by atoms with Crippen molar-refractivity contribution in [3.63, 3.8) is 0 Å². The van der Waals surface area contributed by atoms with Gasteiger partial charge in [0.15, 0.2) is 0 Å². The van der Waals surface area contributed by atoms with E-state index in [4.69, 9.17) is 0 Å². The topological polar surface area (TPSA) is 58.2 Å². The average Bonchev–Trinajstić information content (AvgIpc) is 1.89. The molecule has 1 atom stereocenters. The van der Waals surface area contributed by atoms with Crippen molar-refractivity contribution in [2.75, 3.05) is 6.54 Å². The second-order valence-corrected chi connectivity index (χ2v) is 1.90. The molecule has 0 radical (unpaired) electrons. The van der Waals surface area contributed by atoms with Crippen molar-refractivity contribution in [1.29, 1.82) is 0 Å². The highest BCUT2D eigenvalue weighted by atomic mass is 16.2. The Morgan fingerprint density at radius 3 is 2.70 bits per heavy atom. The van der Waals surface area contributed by atoms with Crippen molar-refractivity contribution >= 4 is 12.3 Å². The highest BCUT2D eigenvalue weighted by molar-refractivity contribution is 5.82. The first-order valence-electron chi connectivity index (χ1n) is 3.19. The van der Waals surface area contributed by atoms with Gasteiger partial charge in [0.25, 0.3) is 0 Å². The zero-order chi connectivity index (χ0) is 7.98. The van der Waals surface area contributed by atoms with Gasteiger partial charge in [0, 0.05) is 6.54 Å². The summed E-state index contributed by atoms with van der Waals surface area (Å²) in [7, 11) is 0. The lowest BCUT2D eigenvalue weighted by molar-refractivity contribution is -0.124. The SMILES string of the molecule is CCNC(=O)C(C)NC=O. The van der Waals surface area contributed by atoms with Gasteiger partial charge in [-0.05, 0) is 13.8 Å². The van der Waals surface area contributed by atoms with Crippen LogP contribution >= 0.6 is 0 Å². The minimum Gasteiger partial charge on any atom is -0.355 e. The Kier molecular flexibility index (Phi) is 4.28. The van der Waals surface area contributed by atoms with Crippen molar-refractivity contribution < 1.29 is 9.59 Å². The van der Waals surface area contributed by atoms with Crippen LogP contribution in [-0.2, 0) is 9.59 Å². The lowest BCUT2D eigenvalue weighted by Gasteiger charge is -2.08. The Morgan fingerprint density at radius 2 is 2.30 bits per heavy atom. The molecule has 58 valence electrons. The lowest BCUT2D eigenvalue weighted by atomic mass is 10.3. The third kappa shape index (κ3) is 3.06. The number of nitrogens with one attached hydrogen (secondary N) is 2. The molecule has 0 fully saturated rings. The molecule has 0 bridgehead atoms. The summed E-state index contributed by atoms with van der Waals surface area (Å²) in [6.07, 6.45) is 0.514. The molecule has 2 amide bonds. The fourth-order valence-corrected chi connectivity index (χ4v) is 0.505. The highest BCUT2D eigenvalue weighted by Gasteiger charge is 2.08. The summed E-state index contributed by atoms with van der Waals surface area (Å²) >= 11 is 0. The van der Waals surface area contributed by atoms with Gasteiger partial charge in [0.05, 0.1) is 0 Å². The molecular formula is C6H12N2O2. The minimum absolute atomic E-state index is 0.158. The maximum atomic E-state index is 10.8. The first-order chi connectivity index (χ1) is 4.72. The molecule has 4 nitrogen and oxygen atoms in total. The van der Waals surface area contributed by atoms with Gasteiger partial charge in [-0.25, -0.2) is 0 Å². The van der Waals surface area contributed by atoms with Crippen molar-refractivity contribution in [3.8, 4) is 0 Å². The summed E-state index contributed by atoms with van der Waals surface area (Å²) in [4.78, 5) is 20.6. The summed E-state index contributed by atoms with van der Waals surface area (Å²) in [5.41, 5.74) is 0. The number of likely N-dealkylation sites (N-methyl/N-ethyl adjacent to an activating group) is 1. The Balaban J connectivity index is 3.58. The number of amides is 2. The van der Waals surface area contributed by atoms with Crippen LogP contribution in [0.3, 0.4) is 0 Å². The van der Waals surface area contributed by atoms with E-state index in [0.717, 1.165) is 0 Å². The van der Waals surface area contributed by atoms with Crippen LogP contribution in [0.4, 0.5) is 0 Å². The maximum absolute atomic E-state index is 10.8. The van der Waals surface area contributed by atoms with Crippen LogP contribution in [0, 0.1) is 0 Å². The van der Waals surface area contributed by atoms with Gasteiger partial charge < -0.3 is 10.6 Å². The normalized spacial score (nSPS) is 11.8. The van der Waals surface area contributed by atoms with E-state index in [2.05, 4.69) is 10.6 Å². The zero-order valence-electron chi connectivity index (χ0n) is 6.18. The summed E-state index contributed by atoms with van der Waals surface area (Å²) in [5.74, 6) is -0.158. The first-order valence-corrected chi connectivity index (χ1v) is 3.19. The van der Waals surface area contributed by atoms with E-state index in [1.165, 1.54) is 0 Å². The minimum atomic E-state index is -0.433. The molecule has 0 aromatic rings. The predicted octanol–water partition coefficient (Wildman–Crippen LogP) is -0.743. The van der Waals surface area contributed by atoms with Crippen LogP contribution in [0.1, 0.15) is 13.8 Å². The van der Waals surface area contributed by atoms with E-state index in [0.29, 0.717) is 13.0 Å². The quantitative estimate of drug-likeness (QED) is 0.510. The Morgan fingerprint density at radius 1 is 1.70 bits per heavy atom. The van der Waals surface area contributed by atoms with E-state index < -0.39 is 6.04 Å². The van der Waals surface area contributed by atoms with Crippen molar-refractivity contribution in [2.24, 2.45) is 0 Å². The molecule has 1 unspecified atom stereocenters. The van der Waals surface area contributed by atoms with Gasteiger partial charge >= 0.3 is 0 Å². The molecule has 0 aliphatic heterocycles. The molecule has 0 spiro atoms. The van der Waals surface area contributed by atoms with Crippen molar-refractivity contribution in [3.05, 3.63) is 0 Å². The summed E-state index contributed by atoms with van der Waals surface area (Å²) in [5, 5.41) is 4.91. The Bertz CT molecular complexity index is 125. The number of carbonyl (C=O) groups is 2. The Hall–Kier alpha value is -1.06. The smallest absolute Gasteiger partial charge is 0.242 e. The summed E-state index contributed by atoms with van der Waals surface area (Å²) in [6, 6.07) is -0.433. The molecule has 0 rings (SSSR count). The largest absolute Gasteiger partial charge is 0.355 e. The third-order valence-corrected chi connectivity index (χ3v) is 1.06. The lowest BCUT2D eigenvalue weighted by Crippen LogP contribution is -2.41. The van der Waals surface area contributed by atoms with Crippen LogP contribution < -0.4 is 10.6 Å². The van der Waals surface area contributed by atoms with Crippen LogP contribution in [0.5, 0.6) is 0 Å². The van der Waals surface area contributed by atoms with E-state index in [-0.39, 0.29) is 5.91 Å². The fourth-order valence-electron chi connectivity index (χ4n) is 0.505. The zero-order valence-corrected chi connectivity index (χ0v) is 6.18. The van der Waals surface area contributed by atoms with E-state index >= 15 is 0 Å². The van der Waals surface area contributed by atoms with Crippen molar-refractivity contribution in [1.82, 2.24) is 10.6 Å². The summed E-state index contributed by atoms with van der Waals surface area (Å²) in [6.45, 7) is 4.04. The number of hydrogen-bond acceptors (Lipinski definition) is 2. The number of rotatable bonds is 4. The first kappa shape index (κ1) is 8.94. The molecule has 4 heteroatoms. The molecule has 0 aromatic heterocycles. The number of hydrogen-bond donors (Lipinski definition) is 2. The van der Waals surface area contributed by atoms with Gasteiger partial charge in [-0.3, -0.25) is 9.59 Å². The molecule has 0 aromatic carbocycles. The standard InChI is InChI=1S/C6H12N2O2/c1-3-7-6(10)5(2)8-4-9/h4-5H,3H2,1-2H3,(H,7,10)(H,8,9). The predicted molar refractivity (Wildman–Crippen MR) is 37.3 cm³/mol. The molecule has 0 aliphatic rings. The van der Waals surface area contributed by atoms with Crippen LogP contribution in [0.2, 0.25) is 0 Å². The van der Waals surface area contributed by atoms with Crippen LogP contribution in [-0.4, -0.2) is 24.9 Å². The second-order valence-electron chi connectivity index (χ2n) is 1.90. The highest BCUT2D eigenvalue weighted by Crippen LogP contribution is 1.77. The maximum Gasteiger partial charge on any atom is 0.242 e. The monoisotopic (exact) mass is 144 g/mol. The molecule has 2 N–H and O–H groups in total. The fraction of sp³-hybridized carbons (Fsp3) is 0.667. The van der Waals surface area contributed by atoms with Crippen LogP contribution in [0.15, 0.2) is 0 Å². The van der Waals surface area contributed by atoms with Crippen LogP contribution in [0.25, 0.3) is 0 Å².